The van der Waals surface area contributed by atoms with Gasteiger partial charge in [-0.3, -0.25) is 4.79 Å². The lowest BCUT2D eigenvalue weighted by molar-refractivity contribution is 0.103. The van der Waals surface area contributed by atoms with Crippen molar-refractivity contribution in [1.29, 1.82) is 0 Å². The Kier molecular flexibility index (Phi) is 9.70. The van der Waals surface area contributed by atoms with Gasteiger partial charge in [0.25, 0.3) is 0 Å². The third kappa shape index (κ3) is 7.27. The molecule has 0 spiro atoms. The second-order valence-corrected chi connectivity index (χ2v) is 10.6. The number of carbonyl (C=O) groups is 1. The van der Waals surface area contributed by atoms with Crippen LogP contribution in [0.1, 0.15) is 42.0 Å². The molecule has 3 heterocycles. The summed E-state index contributed by atoms with van der Waals surface area (Å²) in [5.41, 5.74) is 14.9. The zero-order valence-corrected chi connectivity index (χ0v) is 25.5. The minimum atomic E-state index is -0.914. The van der Waals surface area contributed by atoms with E-state index in [4.69, 9.17) is 30.4 Å². The molecule has 0 saturated carbocycles. The number of ether oxygens (including phenoxy) is 4. The van der Waals surface area contributed by atoms with E-state index in [-0.39, 0.29) is 18.3 Å². The van der Waals surface area contributed by atoms with Crippen molar-refractivity contribution in [2.45, 2.75) is 32.7 Å². The van der Waals surface area contributed by atoms with E-state index >= 15 is 0 Å². The topological polar surface area (TPSA) is 166 Å². The van der Waals surface area contributed by atoms with Gasteiger partial charge in [0.1, 0.15) is 5.82 Å². The maximum atomic E-state index is 13.3. The Labute approximate surface area is 260 Å². The number of piperidine rings is 1. The molecule has 0 amide bonds. The van der Waals surface area contributed by atoms with Crippen LogP contribution in [0.2, 0.25) is 0 Å². The van der Waals surface area contributed by atoms with Crippen LogP contribution in [-0.4, -0.2) is 54.6 Å². The molecule has 1 fully saturated rings. The molecule has 5 N–H and O–H groups in total. The number of benzene rings is 2. The Bertz CT molecular complexity index is 1840. The van der Waals surface area contributed by atoms with Crippen LogP contribution in [0.4, 0.5) is 16.6 Å². The van der Waals surface area contributed by atoms with Gasteiger partial charge in [0.15, 0.2) is 17.2 Å². The molecule has 4 aromatic rings. The number of nitrogens with one attached hydrogen (secondary N) is 1. The van der Waals surface area contributed by atoms with Crippen LogP contribution in [0.15, 0.2) is 47.5 Å². The standard InChI is InChI=1S/C33H36N6O6/c1-4-44-33(41)45-28-19-39(18-21-9-11-36-12-10-21)26-15-20(6-8-25(26)29(28)40)5-7-23-13-22(16-27(42-2)30(23)43-3)14-24-17-37-32(35)38-31(24)34/h6,8,13,15-17,19,21,36H,4,9-12,14,18H2,1-3H3,(H4,34,35,37,38). The van der Waals surface area contributed by atoms with Gasteiger partial charge in [0.05, 0.1) is 38.1 Å². The molecule has 45 heavy (non-hydrogen) atoms. The predicted octanol–water partition coefficient (Wildman–Crippen LogP) is 3.50. The Morgan fingerprint density at radius 2 is 1.89 bits per heavy atom. The van der Waals surface area contributed by atoms with Crippen molar-refractivity contribution in [3.63, 3.8) is 0 Å². The predicted molar refractivity (Wildman–Crippen MR) is 171 cm³/mol. The van der Waals surface area contributed by atoms with E-state index in [0.717, 1.165) is 31.5 Å². The molecule has 1 saturated heterocycles. The summed E-state index contributed by atoms with van der Waals surface area (Å²) < 4.78 is 23.4. The smallest absolute Gasteiger partial charge is 0.493 e. The maximum absolute atomic E-state index is 13.3. The summed E-state index contributed by atoms with van der Waals surface area (Å²) in [6.45, 7) is 4.31. The third-order valence-corrected chi connectivity index (χ3v) is 7.61. The highest BCUT2D eigenvalue weighted by Gasteiger charge is 2.19. The van der Waals surface area contributed by atoms with E-state index in [2.05, 4.69) is 27.1 Å². The number of pyridine rings is 1. The summed E-state index contributed by atoms with van der Waals surface area (Å²) in [5.74, 6) is 8.16. The molecule has 0 unspecified atom stereocenters. The number of carbonyl (C=O) groups excluding carboxylic acids is 1. The molecular formula is C33H36N6O6. The average Bonchev–Trinajstić information content (AvgIpc) is 3.03. The number of nitrogens with zero attached hydrogens (tertiary/aromatic N) is 3. The molecule has 1 aliphatic heterocycles. The summed E-state index contributed by atoms with van der Waals surface area (Å²) >= 11 is 0. The molecule has 234 valence electrons. The second kappa shape index (κ2) is 14.0. The van der Waals surface area contributed by atoms with Gasteiger partial charge in [-0.25, -0.2) is 9.78 Å². The van der Waals surface area contributed by atoms with E-state index in [0.29, 0.717) is 63.8 Å². The van der Waals surface area contributed by atoms with Crippen molar-refractivity contribution >= 4 is 28.8 Å². The van der Waals surface area contributed by atoms with Crippen LogP contribution < -0.4 is 36.4 Å². The lowest BCUT2D eigenvalue weighted by atomic mass is 9.97. The second-order valence-electron chi connectivity index (χ2n) is 10.6. The first kappa shape index (κ1) is 31.2. The van der Waals surface area contributed by atoms with Crippen LogP contribution in [0, 0.1) is 17.8 Å². The number of fused-ring (bicyclic) bond motifs is 1. The lowest BCUT2D eigenvalue weighted by Crippen LogP contribution is -2.30. The molecule has 0 radical (unpaired) electrons. The Balaban J connectivity index is 1.55. The fourth-order valence-corrected chi connectivity index (χ4v) is 5.39. The summed E-state index contributed by atoms with van der Waals surface area (Å²) in [6, 6.07) is 9.10. The Hall–Kier alpha value is -5.28. The molecule has 1 aliphatic rings. The summed E-state index contributed by atoms with van der Waals surface area (Å²) in [4.78, 5) is 33.5. The lowest BCUT2D eigenvalue weighted by Gasteiger charge is -2.24. The monoisotopic (exact) mass is 612 g/mol. The van der Waals surface area contributed by atoms with Crippen molar-refractivity contribution in [2.75, 3.05) is 45.4 Å². The van der Waals surface area contributed by atoms with Crippen LogP contribution >= 0.6 is 0 Å². The zero-order chi connectivity index (χ0) is 31.9. The summed E-state index contributed by atoms with van der Waals surface area (Å²) in [7, 11) is 3.12. The molecule has 2 aromatic heterocycles. The highest BCUT2D eigenvalue weighted by atomic mass is 16.7. The van der Waals surface area contributed by atoms with Crippen molar-refractivity contribution in [3.8, 4) is 29.1 Å². The first-order valence-electron chi connectivity index (χ1n) is 14.7. The molecule has 12 nitrogen and oxygen atoms in total. The van der Waals surface area contributed by atoms with Crippen LogP contribution in [0.25, 0.3) is 10.9 Å². The third-order valence-electron chi connectivity index (χ3n) is 7.61. The van der Waals surface area contributed by atoms with Gasteiger partial charge in [-0.2, -0.15) is 4.98 Å². The maximum Gasteiger partial charge on any atom is 0.514 e. The van der Waals surface area contributed by atoms with Crippen LogP contribution in [0.3, 0.4) is 0 Å². The highest BCUT2D eigenvalue weighted by Crippen LogP contribution is 2.33. The van der Waals surface area contributed by atoms with E-state index in [9.17, 15) is 9.59 Å². The number of aromatic nitrogens is 3. The molecular weight excluding hydrogens is 576 g/mol. The number of anilines is 2. The van der Waals surface area contributed by atoms with Gasteiger partial charge in [0, 0.05) is 35.7 Å². The van der Waals surface area contributed by atoms with Crippen LogP contribution in [0.5, 0.6) is 17.2 Å². The van der Waals surface area contributed by atoms with E-state index in [1.54, 1.807) is 45.7 Å². The number of hydrogen-bond donors (Lipinski definition) is 3. The number of nitrogen functional groups attached to an aromatic ring is 2. The number of nitrogens with two attached hydrogens (primary N) is 2. The minimum absolute atomic E-state index is 0.0745. The molecule has 0 atom stereocenters. The Morgan fingerprint density at radius 3 is 2.60 bits per heavy atom. The van der Waals surface area contributed by atoms with Crippen LogP contribution in [-0.2, 0) is 17.7 Å². The molecule has 0 aliphatic carbocycles. The van der Waals surface area contributed by atoms with Gasteiger partial charge >= 0.3 is 6.16 Å². The van der Waals surface area contributed by atoms with Crippen molar-refractivity contribution in [1.82, 2.24) is 19.9 Å². The largest absolute Gasteiger partial charge is 0.514 e. The van der Waals surface area contributed by atoms with Crippen molar-refractivity contribution in [3.05, 3.63) is 75.2 Å². The van der Waals surface area contributed by atoms with Gasteiger partial charge < -0.3 is 40.3 Å². The summed E-state index contributed by atoms with van der Waals surface area (Å²) in [6.07, 6.45) is 4.69. The fraction of sp³-hybridized carbons (Fsp3) is 0.333. The first-order chi connectivity index (χ1) is 21.8. The number of hydrogen-bond acceptors (Lipinski definition) is 11. The first-order valence-corrected chi connectivity index (χ1v) is 14.7. The van der Waals surface area contributed by atoms with Crippen molar-refractivity contribution < 1.29 is 23.7 Å². The number of methoxy groups -OCH3 is 2. The Morgan fingerprint density at radius 1 is 1.09 bits per heavy atom. The van der Waals surface area contributed by atoms with E-state index in [1.165, 1.54) is 0 Å². The van der Waals surface area contributed by atoms with Gasteiger partial charge in [-0.1, -0.05) is 11.8 Å². The normalized spacial score (nSPS) is 13.1. The van der Waals surface area contributed by atoms with Crippen molar-refractivity contribution in [2.24, 2.45) is 5.92 Å². The number of rotatable bonds is 8. The minimum Gasteiger partial charge on any atom is -0.493 e. The van der Waals surface area contributed by atoms with Gasteiger partial charge in [0.2, 0.25) is 11.4 Å². The molecule has 5 rings (SSSR count). The average molecular weight is 613 g/mol. The van der Waals surface area contributed by atoms with E-state index in [1.807, 2.05) is 22.8 Å². The van der Waals surface area contributed by atoms with Gasteiger partial charge in [-0.15, -0.1) is 0 Å². The fourth-order valence-electron chi connectivity index (χ4n) is 5.39. The zero-order valence-electron chi connectivity index (χ0n) is 25.5. The highest BCUT2D eigenvalue weighted by molar-refractivity contribution is 5.82. The quantitative estimate of drug-likeness (QED) is 0.197. The molecule has 12 heteroatoms. The van der Waals surface area contributed by atoms with E-state index < -0.39 is 11.6 Å². The molecule has 0 bridgehead atoms. The molecule has 2 aromatic carbocycles. The SMILES string of the molecule is CCOC(=O)Oc1cn(CC2CCNCC2)c2cc(C#Cc3cc(Cc4cnc(N)nc4N)cc(OC)c3OC)ccc2c1=O. The van der Waals surface area contributed by atoms with Gasteiger partial charge in [-0.05, 0) is 74.7 Å². The summed E-state index contributed by atoms with van der Waals surface area (Å²) in [5, 5.41) is 3.80.